The maximum absolute atomic E-state index is 12.0. The molecular weight excluding hydrogens is 242 g/mol. The van der Waals surface area contributed by atoms with Gasteiger partial charge in [0.15, 0.2) is 5.78 Å². The van der Waals surface area contributed by atoms with Crippen molar-refractivity contribution in [2.45, 2.75) is 58.3 Å². The lowest BCUT2D eigenvalue weighted by atomic mass is 9.79. The molecule has 0 aromatic carbocycles. The van der Waals surface area contributed by atoms with Crippen molar-refractivity contribution in [2.75, 3.05) is 13.1 Å². The lowest BCUT2D eigenvalue weighted by Crippen LogP contribution is -2.51. The molecule has 4 nitrogen and oxygen atoms in total. The Bertz CT molecular complexity index is 381. The molecule has 0 saturated carbocycles. The average molecular weight is 267 g/mol. The number of carbonyl (C=O) groups excluding carboxylic acids is 1. The van der Waals surface area contributed by atoms with E-state index in [4.69, 9.17) is 0 Å². The van der Waals surface area contributed by atoms with Crippen molar-refractivity contribution < 1.29 is 15.0 Å². The van der Waals surface area contributed by atoms with E-state index in [-0.39, 0.29) is 17.9 Å². The minimum atomic E-state index is -0.552. The van der Waals surface area contributed by atoms with Crippen molar-refractivity contribution in [1.29, 1.82) is 0 Å². The predicted octanol–water partition coefficient (Wildman–Crippen LogP) is 1.12. The number of piperidine rings is 1. The molecule has 0 aromatic rings. The fourth-order valence-electron chi connectivity index (χ4n) is 3.05. The Balaban J connectivity index is 2.23. The summed E-state index contributed by atoms with van der Waals surface area (Å²) in [7, 11) is 0. The first kappa shape index (κ1) is 14.7. The highest BCUT2D eigenvalue weighted by Gasteiger charge is 2.41. The van der Waals surface area contributed by atoms with Crippen LogP contribution in [-0.2, 0) is 4.79 Å². The molecule has 0 spiro atoms. The second kappa shape index (κ2) is 5.35. The Morgan fingerprint density at radius 1 is 1.26 bits per heavy atom. The molecule has 0 radical (unpaired) electrons. The van der Waals surface area contributed by atoms with Crippen molar-refractivity contribution >= 4 is 5.78 Å². The molecule has 1 heterocycles. The largest absolute Gasteiger partial charge is 0.393 e. The number of nitrogens with zero attached hydrogens (tertiary/aromatic N) is 1. The maximum atomic E-state index is 12.0. The van der Waals surface area contributed by atoms with Crippen LogP contribution >= 0.6 is 0 Å². The number of allylic oxidation sites excluding steroid dienone is 1. The van der Waals surface area contributed by atoms with Gasteiger partial charge in [-0.05, 0) is 30.8 Å². The number of likely N-dealkylation sites (tertiary alicyclic amines) is 1. The Kier molecular flexibility index (Phi) is 4.14. The SMILES string of the molecule is CC1=CC(N2CCC(O)CC2)C(O)C(C)(C)CC1=O. The molecule has 2 aliphatic rings. The van der Waals surface area contributed by atoms with E-state index < -0.39 is 11.5 Å². The van der Waals surface area contributed by atoms with Crippen LogP contribution in [-0.4, -0.2) is 52.2 Å². The van der Waals surface area contributed by atoms with Gasteiger partial charge in [-0.1, -0.05) is 19.9 Å². The fraction of sp³-hybridized carbons (Fsp3) is 0.800. The quantitative estimate of drug-likeness (QED) is 0.747. The lowest BCUT2D eigenvalue weighted by molar-refractivity contribution is -0.119. The summed E-state index contributed by atoms with van der Waals surface area (Å²) in [5, 5.41) is 20.2. The van der Waals surface area contributed by atoms with E-state index in [0.717, 1.165) is 31.5 Å². The zero-order valence-corrected chi connectivity index (χ0v) is 12.1. The van der Waals surface area contributed by atoms with Gasteiger partial charge in [0.25, 0.3) is 0 Å². The molecule has 2 unspecified atom stereocenters. The van der Waals surface area contributed by atoms with Crippen molar-refractivity contribution in [3.63, 3.8) is 0 Å². The number of Topliss-reactive ketones (excluding diaryl/α,β-unsaturated/α-hetero) is 1. The van der Waals surface area contributed by atoms with Gasteiger partial charge < -0.3 is 10.2 Å². The van der Waals surface area contributed by atoms with Gasteiger partial charge in [-0.15, -0.1) is 0 Å². The highest BCUT2D eigenvalue weighted by molar-refractivity contribution is 5.95. The first-order chi connectivity index (χ1) is 8.81. The maximum Gasteiger partial charge on any atom is 0.158 e. The van der Waals surface area contributed by atoms with Crippen LogP contribution in [0.1, 0.15) is 40.0 Å². The van der Waals surface area contributed by atoms with E-state index in [9.17, 15) is 15.0 Å². The molecule has 1 aliphatic heterocycles. The molecule has 2 N–H and O–H groups in total. The van der Waals surface area contributed by atoms with Gasteiger partial charge in [-0.3, -0.25) is 9.69 Å². The van der Waals surface area contributed by atoms with Gasteiger partial charge in [0, 0.05) is 19.5 Å². The summed E-state index contributed by atoms with van der Waals surface area (Å²) in [4.78, 5) is 14.2. The monoisotopic (exact) mass is 267 g/mol. The number of hydrogen-bond donors (Lipinski definition) is 2. The van der Waals surface area contributed by atoms with Gasteiger partial charge in [0.2, 0.25) is 0 Å². The lowest BCUT2D eigenvalue weighted by Gasteiger charge is -2.41. The molecule has 0 aromatic heterocycles. The first-order valence-electron chi connectivity index (χ1n) is 7.13. The first-order valence-corrected chi connectivity index (χ1v) is 7.13. The minimum absolute atomic E-state index is 0.117. The summed E-state index contributed by atoms with van der Waals surface area (Å²) >= 11 is 0. The third-order valence-electron chi connectivity index (χ3n) is 4.52. The fourth-order valence-corrected chi connectivity index (χ4v) is 3.05. The number of ketones is 1. The molecule has 1 fully saturated rings. The number of aliphatic hydroxyl groups is 2. The molecule has 1 saturated heterocycles. The third-order valence-corrected chi connectivity index (χ3v) is 4.52. The number of rotatable bonds is 1. The Morgan fingerprint density at radius 3 is 2.42 bits per heavy atom. The normalized spacial score (nSPS) is 33.9. The Hall–Kier alpha value is -0.710. The summed E-state index contributed by atoms with van der Waals surface area (Å²) in [6.45, 7) is 7.29. The summed E-state index contributed by atoms with van der Waals surface area (Å²) in [6, 6.07) is -0.117. The second-order valence-electron chi connectivity index (χ2n) is 6.64. The molecule has 2 atom stereocenters. The van der Waals surface area contributed by atoms with Crippen LogP contribution in [0.2, 0.25) is 0 Å². The topological polar surface area (TPSA) is 60.8 Å². The van der Waals surface area contributed by atoms with E-state index in [1.807, 2.05) is 26.8 Å². The van der Waals surface area contributed by atoms with Crippen LogP contribution in [0, 0.1) is 5.41 Å². The van der Waals surface area contributed by atoms with E-state index >= 15 is 0 Å². The summed E-state index contributed by atoms with van der Waals surface area (Å²) in [5.41, 5.74) is 0.340. The van der Waals surface area contributed by atoms with Crippen molar-refractivity contribution in [3.8, 4) is 0 Å². The van der Waals surface area contributed by atoms with Gasteiger partial charge >= 0.3 is 0 Å². The van der Waals surface area contributed by atoms with E-state index in [0.29, 0.717) is 6.42 Å². The van der Waals surface area contributed by atoms with E-state index in [1.54, 1.807) is 0 Å². The van der Waals surface area contributed by atoms with Crippen molar-refractivity contribution in [2.24, 2.45) is 5.41 Å². The standard InChI is InChI=1S/C15H25NO3/c1-10-8-12(16-6-4-11(17)5-7-16)14(19)15(2,3)9-13(10)18/h8,11-12,14,17,19H,4-7,9H2,1-3H3. The summed E-state index contributed by atoms with van der Waals surface area (Å²) in [6.07, 6.45) is 3.01. The predicted molar refractivity (Wildman–Crippen MR) is 73.8 cm³/mol. The molecule has 0 bridgehead atoms. The smallest absolute Gasteiger partial charge is 0.158 e. The van der Waals surface area contributed by atoms with Gasteiger partial charge in [0.1, 0.15) is 0 Å². The zero-order chi connectivity index (χ0) is 14.2. The van der Waals surface area contributed by atoms with Gasteiger partial charge in [0.05, 0.1) is 18.2 Å². The van der Waals surface area contributed by atoms with Crippen molar-refractivity contribution in [1.82, 2.24) is 4.90 Å². The third kappa shape index (κ3) is 3.07. The molecule has 0 amide bonds. The molecule has 19 heavy (non-hydrogen) atoms. The summed E-state index contributed by atoms with van der Waals surface area (Å²) in [5.74, 6) is 0.128. The highest BCUT2D eigenvalue weighted by Crippen LogP contribution is 2.35. The second-order valence-corrected chi connectivity index (χ2v) is 6.64. The van der Waals surface area contributed by atoms with Crippen LogP contribution in [0.5, 0.6) is 0 Å². The van der Waals surface area contributed by atoms with Crippen LogP contribution in [0.4, 0.5) is 0 Å². The van der Waals surface area contributed by atoms with Crippen molar-refractivity contribution in [3.05, 3.63) is 11.6 Å². The minimum Gasteiger partial charge on any atom is -0.393 e. The Labute approximate surface area is 115 Å². The molecule has 108 valence electrons. The Morgan fingerprint density at radius 2 is 1.84 bits per heavy atom. The molecule has 2 rings (SSSR count). The van der Waals surface area contributed by atoms with Crippen LogP contribution < -0.4 is 0 Å². The molecular formula is C15H25NO3. The van der Waals surface area contributed by atoms with Crippen LogP contribution in [0.25, 0.3) is 0 Å². The zero-order valence-electron chi connectivity index (χ0n) is 12.1. The number of hydrogen-bond acceptors (Lipinski definition) is 4. The molecule has 1 aliphatic carbocycles. The number of aliphatic hydroxyl groups excluding tert-OH is 2. The van der Waals surface area contributed by atoms with E-state index in [2.05, 4.69) is 4.90 Å². The highest BCUT2D eigenvalue weighted by atomic mass is 16.3. The average Bonchev–Trinajstić information content (AvgIpc) is 2.41. The van der Waals surface area contributed by atoms with Crippen LogP contribution in [0.15, 0.2) is 11.6 Å². The van der Waals surface area contributed by atoms with E-state index in [1.165, 1.54) is 0 Å². The summed E-state index contributed by atoms with van der Waals surface area (Å²) < 4.78 is 0. The number of carbonyl (C=O) groups is 1. The molecule has 4 heteroatoms. The van der Waals surface area contributed by atoms with Crippen LogP contribution in [0.3, 0.4) is 0 Å². The van der Waals surface area contributed by atoms with Gasteiger partial charge in [-0.25, -0.2) is 0 Å². The van der Waals surface area contributed by atoms with Gasteiger partial charge in [-0.2, -0.15) is 0 Å².